The maximum atomic E-state index is 13.4. The number of rotatable bonds is 9. The normalized spacial score (nSPS) is 21.4. The fraction of sp³-hybridized carbons (Fsp3) is 0.433. The van der Waals surface area contributed by atoms with E-state index in [0.29, 0.717) is 30.4 Å². The Balaban J connectivity index is 1.40. The summed E-state index contributed by atoms with van der Waals surface area (Å²) in [5.41, 5.74) is 3.07. The van der Waals surface area contributed by atoms with Crippen LogP contribution in [0.1, 0.15) is 23.1 Å². The van der Waals surface area contributed by atoms with E-state index in [2.05, 4.69) is 17.0 Å². The van der Waals surface area contributed by atoms with Crippen molar-refractivity contribution in [3.63, 3.8) is 0 Å². The van der Waals surface area contributed by atoms with Crippen molar-refractivity contribution in [1.82, 2.24) is 9.80 Å². The molecule has 198 valence electrons. The molecule has 1 amide bonds. The quantitative estimate of drug-likeness (QED) is 0.509. The van der Waals surface area contributed by atoms with E-state index in [1.807, 2.05) is 47.4 Å². The zero-order valence-electron chi connectivity index (χ0n) is 22.4. The monoisotopic (exact) mass is 506 g/mol. The molecule has 1 unspecified atom stereocenters. The molecule has 1 saturated heterocycles. The number of hydrogen-bond acceptors (Lipinski definition) is 6. The molecule has 0 aliphatic carbocycles. The van der Waals surface area contributed by atoms with Crippen LogP contribution in [0.3, 0.4) is 0 Å². The summed E-state index contributed by atoms with van der Waals surface area (Å²) in [6.07, 6.45) is 6.28. The molecule has 0 radical (unpaired) electrons. The lowest BCUT2D eigenvalue weighted by molar-refractivity contribution is -0.130. The molecular formula is C30H38N2O5. The second-order valence-electron chi connectivity index (χ2n) is 9.53. The van der Waals surface area contributed by atoms with Gasteiger partial charge < -0.3 is 28.7 Å². The van der Waals surface area contributed by atoms with Gasteiger partial charge >= 0.3 is 0 Å². The van der Waals surface area contributed by atoms with Crippen LogP contribution in [-0.2, 0) is 27.1 Å². The number of carbonyl (C=O) groups is 1. The first-order valence-corrected chi connectivity index (χ1v) is 12.8. The van der Waals surface area contributed by atoms with Crippen molar-refractivity contribution in [3.8, 4) is 11.5 Å². The lowest BCUT2D eigenvalue weighted by Crippen LogP contribution is -2.38. The molecule has 4 rings (SSSR count). The Morgan fingerprint density at radius 3 is 2.51 bits per heavy atom. The predicted octanol–water partition coefficient (Wildman–Crippen LogP) is 4.17. The number of methoxy groups -OCH3 is 4. The fourth-order valence-electron chi connectivity index (χ4n) is 5.22. The van der Waals surface area contributed by atoms with Crippen molar-refractivity contribution in [1.29, 1.82) is 0 Å². The average Bonchev–Trinajstić information content (AvgIpc) is 3.38. The largest absolute Gasteiger partial charge is 0.493 e. The van der Waals surface area contributed by atoms with Gasteiger partial charge in [-0.15, -0.1) is 0 Å². The Labute approximate surface area is 220 Å². The zero-order chi connectivity index (χ0) is 26.2. The SMILES string of the molecule is COC1=C(\OC)c2ccccc2CC(=O)N(CC2CCN(CCc3ccc(OC)c(OC)c3)C2)C/C=C\1. The number of hydrogen-bond donors (Lipinski definition) is 0. The minimum Gasteiger partial charge on any atom is -0.493 e. The summed E-state index contributed by atoms with van der Waals surface area (Å²) in [5, 5.41) is 0. The summed E-state index contributed by atoms with van der Waals surface area (Å²) in [7, 11) is 6.60. The number of amides is 1. The topological polar surface area (TPSA) is 60.5 Å². The van der Waals surface area contributed by atoms with E-state index in [1.54, 1.807) is 28.4 Å². The van der Waals surface area contributed by atoms with Crippen LogP contribution in [0.15, 0.2) is 60.4 Å². The highest BCUT2D eigenvalue weighted by Gasteiger charge is 2.27. The third-order valence-electron chi connectivity index (χ3n) is 7.21. The molecule has 0 N–H and O–H groups in total. The van der Waals surface area contributed by atoms with E-state index in [1.165, 1.54) is 5.56 Å². The minimum atomic E-state index is 0.136. The van der Waals surface area contributed by atoms with E-state index in [9.17, 15) is 4.79 Å². The fourth-order valence-corrected chi connectivity index (χ4v) is 5.22. The van der Waals surface area contributed by atoms with Gasteiger partial charge in [-0.1, -0.05) is 36.4 Å². The number of carbonyl (C=O) groups excluding carboxylic acids is 1. The Morgan fingerprint density at radius 1 is 0.946 bits per heavy atom. The van der Waals surface area contributed by atoms with Crippen LogP contribution < -0.4 is 9.47 Å². The molecule has 2 aromatic carbocycles. The van der Waals surface area contributed by atoms with Crippen LogP contribution in [0.2, 0.25) is 0 Å². The van der Waals surface area contributed by atoms with E-state index < -0.39 is 0 Å². The highest BCUT2D eigenvalue weighted by Crippen LogP contribution is 2.29. The van der Waals surface area contributed by atoms with E-state index in [4.69, 9.17) is 18.9 Å². The Kier molecular flexibility index (Phi) is 9.12. The summed E-state index contributed by atoms with van der Waals surface area (Å²) in [5.74, 6) is 3.41. The molecular weight excluding hydrogens is 468 g/mol. The maximum absolute atomic E-state index is 13.4. The van der Waals surface area contributed by atoms with Gasteiger partial charge in [-0.3, -0.25) is 4.79 Å². The molecule has 0 saturated carbocycles. The summed E-state index contributed by atoms with van der Waals surface area (Å²) in [4.78, 5) is 17.9. The molecule has 2 aliphatic rings. The van der Waals surface area contributed by atoms with Crippen molar-refractivity contribution in [3.05, 3.63) is 77.1 Å². The number of nitrogens with zero attached hydrogens (tertiary/aromatic N) is 2. The van der Waals surface area contributed by atoms with Crippen LogP contribution >= 0.6 is 0 Å². The molecule has 1 atom stereocenters. The first kappa shape index (κ1) is 26.6. The van der Waals surface area contributed by atoms with Crippen LogP contribution in [-0.4, -0.2) is 76.9 Å². The average molecular weight is 507 g/mol. The summed E-state index contributed by atoms with van der Waals surface area (Å²) in [6.45, 7) is 4.32. The van der Waals surface area contributed by atoms with Crippen molar-refractivity contribution in [2.45, 2.75) is 19.3 Å². The number of allylic oxidation sites excluding steroid dienone is 1. The first-order valence-electron chi connectivity index (χ1n) is 12.8. The van der Waals surface area contributed by atoms with Crippen LogP contribution in [0.25, 0.3) is 5.76 Å². The molecule has 2 aliphatic heterocycles. The van der Waals surface area contributed by atoms with Crippen molar-refractivity contribution < 1.29 is 23.7 Å². The van der Waals surface area contributed by atoms with Crippen molar-refractivity contribution in [2.24, 2.45) is 5.92 Å². The Hall–Kier alpha value is -3.45. The molecule has 2 heterocycles. The molecule has 1 fully saturated rings. The highest BCUT2D eigenvalue weighted by molar-refractivity contribution is 5.81. The van der Waals surface area contributed by atoms with E-state index in [0.717, 1.165) is 61.6 Å². The lowest BCUT2D eigenvalue weighted by atomic mass is 10.00. The molecule has 0 aromatic heterocycles. The molecule has 7 heteroatoms. The summed E-state index contributed by atoms with van der Waals surface area (Å²) in [6, 6.07) is 14.0. The molecule has 37 heavy (non-hydrogen) atoms. The van der Waals surface area contributed by atoms with Gasteiger partial charge in [0.1, 0.15) is 0 Å². The van der Waals surface area contributed by atoms with Gasteiger partial charge in [0.2, 0.25) is 5.91 Å². The molecule has 2 aromatic rings. The third-order valence-corrected chi connectivity index (χ3v) is 7.21. The summed E-state index contributed by atoms with van der Waals surface area (Å²) >= 11 is 0. The molecule has 0 bridgehead atoms. The third kappa shape index (κ3) is 6.46. The second kappa shape index (κ2) is 12.7. The lowest BCUT2D eigenvalue weighted by Gasteiger charge is -2.26. The number of ether oxygens (including phenoxy) is 4. The number of benzene rings is 2. The van der Waals surface area contributed by atoms with Crippen LogP contribution in [0, 0.1) is 5.92 Å². The number of fused-ring (bicyclic) bond motifs is 1. The zero-order valence-corrected chi connectivity index (χ0v) is 22.4. The standard InChI is InChI=1S/C30H38N2O5/c1-34-26-12-11-22(18-28(26)36-3)13-16-31-17-14-23(20-31)21-32-15-7-10-27(35-2)30(37-4)25-9-6-5-8-24(25)19-29(32)33/h5-12,18,23H,13-17,19-21H2,1-4H3/b10-7-,30-27-. The van der Waals surface area contributed by atoms with Gasteiger partial charge in [0.25, 0.3) is 0 Å². The van der Waals surface area contributed by atoms with Gasteiger partial charge in [0, 0.05) is 31.7 Å². The first-order chi connectivity index (χ1) is 18.1. The van der Waals surface area contributed by atoms with E-state index >= 15 is 0 Å². The Morgan fingerprint density at radius 2 is 1.76 bits per heavy atom. The predicted molar refractivity (Wildman–Crippen MR) is 145 cm³/mol. The maximum Gasteiger partial charge on any atom is 0.227 e. The van der Waals surface area contributed by atoms with Gasteiger partial charge in [-0.05, 0) is 54.6 Å². The van der Waals surface area contributed by atoms with Gasteiger partial charge in [0.15, 0.2) is 23.0 Å². The molecule has 0 spiro atoms. The smallest absolute Gasteiger partial charge is 0.227 e. The molecule has 7 nitrogen and oxygen atoms in total. The van der Waals surface area contributed by atoms with Gasteiger partial charge in [-0.2, -0.15) is 0 Å². The van der Waals surface area contributed by atoms with Gasteiger partial charge in [0.05, 0.1) is 34.9 Å². The van der Waals surface area contributed by atoms with Crippen LogP contribution in [0.4, 0.5) is 0 Å². The van der Waals surface area contributed by atoms with Gasteiger partial charge in [-0.25, -0.2) is 0 Å². The summed E-state index contributed by atoms with van der Waals surface area (Å²) < 4.78 is 22.1. The number of likely N-dealkylation sites (tertiary alicyclic amines) is 1. The highest BCUT2D eigenvalue weighted by atomic mass is 16.5. The Bertz CT molecular complexity index is 1140. The van der Waals surface area contributed by atoms with Crippen molar-refractivity contribution >= 4 is 11.7 Å². The van der Waals surface area contributed by atoms with Crippen molar-refractivity contribution in [2.75, 3.05) is 61.2 Å². The minimum absolute atomic E-state index is 0.136. The second-order valence-corrected chi connectivity index (χ2v) is 9.53. The van der Waals surface area contributed by atoms with E-state index in [-0.39, 0.29) is 5.91 Å². The van der Waals surface area contributed by atoms with Crippen LogP contribution in [0.5, 0.6) is 11.5 Å².